The Labute approximate surface area is 159 Å². The van der Waals surface area contributed by atoms with Crippen LogP contribution in [0.3, 0.4) is 0 Å². The fourth-order valence-corrected chi connectivity index (χ4v) is 2.30. The summed E-state index contributed by atoms with van der Waals surface area (Å²) >= 11 is 0. The number of carbonyl (C=O) groups is 2. The van der Waals surface area contributed by atoms with E-state index in [9.17, 15) is 9.59 Å². The second-order valence-electron chi connectivity index (χ2n) is 5.65. The summed E-state index contributed by atoms with van der Waals surface area (Å²) in [5.74, 6) is 0.300. The maximum absolute atomic E-state index is 12.1. The number of hydrogen-bond donors (Lipinski definition) is 2. The molecule has 0 atom stereocenters. The summed E-state index contributed by atoms with van der Waals surface area (Å²) in [6.07, 6.45) is 3.16. The zero-order valence-electron chi connectivity index (χ0n) is 15.5. The Bertz CT molecular complexity index is 785. The molecule has 6 nitrogen and oxygen atoms in total. The maximum Gasteiger partial charge on any atom is 0.251 e. The minimum atomic E-state index is -0.277. The molecule has 0 fully saturated rings. The minimum absolute atomic E-state index is 0.215. The van der Waals surface area contributed by atoms with E-state index in [4.69, 9.17) is 9.47 Å². The number of methoxy groups -OCH3 is 1. The van der Waals surface area contributed by atoms with Crippen LogP contribution in [0.25, 0.3) is 6.08 Å². The van der Waals surface area contributed by atoms with Crippen LogP contribution in [-0.2, 0) is 9.53 Å². The van der Waals surface area contributed by atoms with Crippen LogP contribution >= 0.6 is 0 Å². The first-order valence-corrected chi connectivity index (χ1v) is 8.71. The number of nitrogens with one attached hydrogen (secondary N) is 2. The topological polar surface area (TPSA) is 76.7 Å². The second-order valence-corrected chi connectivity index (χ2v) is 5.65. The molecule has 2 rings (SSSR count). The van der Waals surface area contributed by atoms with Crippen molar-refractivity contribution in [2.24, 2.45) is 0 Å². The smallest absolute Gasteiger partial charge is 0.251 e. The zero-order chi connectivity index (χ0) is 19.5. The van der Waals surface area contributed by atoms with Crippen molar-refractivity contribution in [3.63, 3.8) is 0 Å². The summed E-state index contributed by atoms with van der Waals surface area (Å²) in [5, 5.41) is 5.49. The van der Waals surface area contributed by atoms with Gasteiger partial charge in [-0.15, -0.1) is 0 Å². The summed E-state index contributed by atoms with van der Waals surface area (Å²) in [7, 11) is 1.57. The van der Waals surface area contributed by atoms with E-state index in [0.717, 1.165) is 11.3 Å². The van der Waals surface area contributed by atoms with Gasteiger partial charge in [-0.25, -0.2) is 0 Å². The molecule has 0 bridgehead atoms. The molecule has 0 aliphatic rings. The van der Waals surface area contributed by atoms with Crippen molar-refractivity contribution in [2.45, 2.75) is 6.92 Å². The van der Waals surface area contributed by atoms with Crippen molar-refractivity contribution < 1.29 is 19.1 Å². The number of ether oxygens (including phenoxy) is 2. The monoisotopic (exact) mass is 368 g/mol. The van der Waals surface area contributed by atoms with Crippen molar-refractivity contribution in [2.75, 3.05) is 32.2 Å². The fourth-order valence-electron chi connectivity index (χ4n) is 2.30. The molecule has 142 valence electrons. The molecular weight excluding hydrogens is 344 g/mol. The lowest BCUT2D eigenvalue weighted by Crippen LogP contribution is -2.27. The van der Waals surface area contributed by atoms with Crippen molar-refractivity contribution in [3.05, 3.63) is 65.7 Å². The minimum Gasteiger partial charge on any atom is -0.494 e. The molecule has 0 aromatic heterocycles. The number of amides is 2. The Morgan fingerprint density at radius 1 is 1.11 bits per heavy atom. The number of anilines is 1. The van der Waals surface area contributed by atoms with Gasteiger partial charge in [0.25, 0.3) is 5.91 Å². The molecule has 0 aliphatic carbocycles. The first-order valence-electron chi connectivity index (χ1n) is 8.71. The molecule has 0 aliphatic heterocycles. The number of rotatable bonds is 9. The van der Waals surface area contributed by atoms with Crippen LogP contribution in [-0.4, -0.2) is 38.7 Å². The Hall–Kier alpha value is -3.12. The van der Waals surface area contributed by atoms with Crippen LogP contribution in [0.1, 0.15) is 22.8 Å². The largest absolute Gasteiger partial charge is 0.494 e. The highest BCUT2D eigenvalue weighted by Crippen LogP contribution is 2.14. The quantitative estimate of drug-likeness (QED) is 0.527. The summed E-state index contributed by atoms with van der Waals surface area (Å²) < 4.78 is 10.3. The molecule has 0 saturated heterocycles. The lowest BCUT2D eigenvalue weighted by molar-refractivity contribution is -0.111. The van der Waals surface area contributed by atoms with E-state index >= 15 is 0 Å². The van der Waals surface area contributed by atoms with Crippen molar-refractivity contribution in [1.29, 1.82) is 0 Å². The van der Waals surface area contributed by atoms with Gasteiger partial charge in [0.2, 0.25) is 5.91 Å². The van der Waals surface area contributed by atoms with Crippen molar-refractivity contribution in [1.82, 2.24) is 5.32 Å². The summed E-state index contributed by atoms with van der Waals surface area (Å²) in [6, 6.07) is 14.2. The van der Waals surface area contributed by atoms with Crippen LogP contribution in [0, 0.1) is 0 Å². The molecule has 0 spiro atoms. The van der Waals surface area contributed by atoms with E-state index in [0.29, 0.717) is 31.0 Å². The summed E-state index contributed by atoms with van der Waals surface area (Å²) in [6.45, 7) is 3.41. The molecule has 2 amide bonds. The van der Waals surface area contributed by atoms with E-state index < -0.39 is 0 Å². The molecule has 6 heteroatoms. The number of carbonyl (C=O) groups excluding carboxylic acids is 2. The first kappa shape index (κ1) is 20.2. The average molecular weight is 368 g/mol. The molecule has 2 aromatic carbocycles. The maximum atomic E-state index is 12.1. The Kier molecular flexibility index (Phi) is 8.06. The van der Waals surface area contributed by atoms with E-state index in [-0.39, 0.29) is 11.8 Å². The molecule has 2 N–H and O–H groups in total. The van der Waals surface area contributed by atoms with E-state index in [1.54, 1.807) is 37.5 Å². The molecule has 2 aromatic rings. The number of hydrogen-bond acceptors (Lipinski definition) is 4. The lowest BCUT2D eigenvalue weighted by atomic mass is 10.2. The number of benzene rings is 2. The zero-order valence-corrected chi connectivity index (χ0v) is 15.5. The second kappa shape index (κ2) is 10.8. The van der Waals surface area contributed by atoms with Crippen LogP contribution < -0.4 is 15.4 Å². The van der Waals surface area contributed by atoms with Gasteiger partial charge in [-0.1, -0.05) is 18.2 Å². The third-order valence-corrected chi connectivity index (χ3v) is 3.60. The van der Waals surface area contributed by atoms with Gasteiger partial charge in [-0.05, 0) is 48.9 Å². The predicted octanol–water partition coefficient (Wildman–Crippen LogP) is 3.11. The third-order valence-electron chi connectivity index (χ3n) is 3.60. The standard InChI is InChI=1S/C21H24N2O4/c1-3-27-19-10-7-16(8-11-19)9-12-20(24)23-18-6-4-5-17(15-18)21(25)22-13-14-26-2/h4-12,15H,3,13-14H2,1-2H3,(H,22,25)(H,23,24)/b12-9+. The van der Waals surface area contributed by atoms with Gasteiger partial charge in [0.05, 0.1) is 13.2 Å². The lowest BCUT2D eigenvalue weighted by Gasteiger charge is -2.07. The van der Waals surface area contributed by atoms with E-state index in [1.807, 2.05) is 31.2 Å². The van der Waals surface area contributed by atoms with Gasteiger partial charge in [0.1, 0.15) is 5.75 Å². The summed E-state index contributed by atoms with van der Waals surface area (Å²) in [5.41, 5.74) is 1.91. The highest BCUT2D eigenvalue weighted by molar-refractivity contribution is 6.03. The highest BCUT2D eigenvalue weighted by Gasteiger charge is 2.06. The molecule has 0 saturated carbocycles. The van der Waals surface area contributed by atoms with E-state index in [2.05, 4.69) is 10.6 Å². The molecule has 27 heavy (non-hydrogen) atoms. The third kappa shape index (κ3) is 6.95. The highest BCUT2D eigenvalue weighted by atomic mass is 16.5. The SMILES string of the molecule is CCOc1ccc(/C=C/C(=O)Nc2cccc(C(=O)NCCOC)c2)cc1. The van der Waals surface area contributed by atoms with Crippen LogP contribution in [0.2, 0.25) is 0 Å². The Morgan fingerprint density at radius 2 is 1.89 bits per heavy atom. The van der Waals surface area contributed by atoms with Gasteiger partial charge in [-0.3, -0.25) is 9.59 Å². The average Bonchev–Trinajstić information content (AvgIpc) is 2.68. The Morgan fingerprint density at radius 3 is 2.59 bits per heavy atom. The molecule has 0 heterocycles. The molecule has 0 radical (unpaired) electrons. The van der Waals surface area contributed by atoms with Crippen molar-refractivity contribution in [3.8, 4) is 5.75 Å². The van der Waals surface area contributed by atoms with Gasteiger partial charge in [0.15, 0.2) is 0 Å². The molecular formula is C21H24N2O4. The van der Waals surface area contributed by atoms with Gasteiger partial charge < -0.3 is 20.1 Å². The van der Waals surface area contributed by atoms with Gasteiger partial charge in [0, 0.05) is 31.0 Å². The molecule has 0 unspecified atom stereocenters. The fraction of sp³-hybridized carbons (Fsp3) is 0.238. The van der Waals surface area contributed by atoms with Gasteiger partial charge >= 0.3 is 0 Å². The Balaban J connectivity index is 1.93. The first-order chi connectivity index (χ1) is 13.1. The van der Waals surface area contributed by atoms with Crippen LogP contribution in [0.4, 0.5) is 5.69 Å². The normalized spacial score (nSPS) is 10.6. The van der Waals surface area contributed by atoms with E-state index in [1.165, 1.54) is 6.08 Å². The van der Waals surface area contributed by atoms with Crippen molar-refractivity contribution >= 4 is 23.6 Å². The van der Waals surface area contributed by atoms with Gasteiger partial charge in [-0.2, -0.15) is 0 Å². The van der Waals surface area contributed by atoms with Crippen LogP contribution in [0.5, 0.6) is 5.75 Å². The predicted molar refractivity (Wildman–Crippen MR) is 106 cm³/mol. The van der Waals surface area contributed by atoms with Crippen LogP contribution in [0.15, 0.2) is 54.6 Å². The summed E-state index contributed by atoms with van der Waals surface area (Å²) in [4.78, 5) is 24.1.